The molecule has 1 aliphatic heterocycles. The van der Waals surface area contributed by atoms with Crippen LogP contribution in [0.25, 0.3) is 17.0 Å². The first-order chi connectivity index (χ1) is 16.4. The first-order valence-corrected chi connectivity index (χ1v) is 11.7. The topological polar surface area (TPSA) is 54.2 Å². The van der Waals surface area contributed by atoms with Crippen molar-refractivity contribution in [3.05, 3.63) is 106 Å². The number of hydrogen-bond donors (Lipinski definition) is 1. The van der Waals surface area contributed by atoms with Gasteiger partial charge in [0.25, 0.3) is 5.89 Å². The summed E-state index contributed by atoms with van der Waals surface area (Å²) in [4.78, 5) is 6.75. The molecule has 1 aromatic heterocycles. The molecule has 2 heterocycles. The van der Waals surface area contributed by atoms with Crippen LogP contribution in [0.3, 0.4) is 0 Å². The monoisotopic (exact) mass is 486 g/mol. The van der Waals surface area contributed by atoms with Gasteiger partial charge < -0.3 is 9.84 Å². The van der Waals surface area contributed by atoms with Gasteiger partial charge >= 0.3 is 0 Å². The summed E-state index contributed by atoms with van der Waals surface area (Å²) in [6.07, 6.45) is 0. The summed E-state index contributed by atoms with van der Waals surface area (Å²) in [6.45, 7) is 6.24. The Bertz CT molecular complexity index is 1400. The van der Waals surface area contributed by atoms with Gasteiger partial charge in [0.1, 0.15) is 0 Å². The number of aryl methyl sites for hydroxylation is 2. The summed E-state index contributed by atoms with van der Waals surface area (Å²) in [5.41, 5.74) is 7.11. The van der Waals surface area contributed by atoms with E-state index in [4.69, 9.17) is 33.3 Å². The van der Waals surface area contributed by atoms with Crippen molar-refractivity contribution in [3.63, 3.8) is 0 Å². The number of halogens is 1. The fraction of sp³-hybridized carbons (Fsp3) is 0.148. The molecule has 0 amide bonds. The molecular formula is C27H23ClN4OS. The van der Waals surface area contributed by atoms with Crippen LogP contribution in [0.15, 0.2) is 83.0 Å². The number of allylic oxidation sites excluding steroid dienone is 1. The zero-order chi connectivity index (χ0) is 23.8. The van der Waals surface area contributed by atoms with Gasteiger partial charge in [0.2, 0.25) is 5.82 Å². The quantitative estimate of drug-likeness (QED) is 0.317. The van der Waals surface area contributed by atoms with Gasteiger partial charge in [0.15, 0.2) is 5.11 Å². The Hall–Kier alpha value is -3.48. The average Bonchev–Trinajstić information content (AvgIpc) is 3.32. The van der Waals surface area contributed by atoms with Gasteiger partial charge in [0, 0.05) is 22.0 Å². The summed E-state index contributed by atoms with van der Waals surface area (Å²) in [7, 11) is 0. The lowest BCUT2D eigenvalue weighted by Crippen LogP contribution is -2.46. The smallest absolute Gasteiger partial charge is 0.258 e. The summed E-state index contributed by atoms with van der Waals surface area (Å²) >= 11 is 11.9. The maximum Gasteiger partial charge on any atom is 0.258 e. The molecule has 1 aliphatic rings. The van der Waals surface area contributed by atoms with Crippen LogP contribution < -0.4 is 10.2 Å². The van der Waals surface area contributed by atoms with E-state index in [2.05, 4.69) is 42.5 Å². The van der Waals surface area contributed by atoms with Crippen molar-refractivity contribution in [2.75, 3.05) is 4.90 Å². The molecule has 0 saturated heterocycles. The van der Waals surface area contributed by atoms with Crippen LogP contribution >= 0.6 is 23.8 Å². The van der Waals surface area contributed by atoms with Crippen molar-refractivity contribution < 1.29 is 4.52 Å². The van der Waals surface area contributed by atoms with E-state index in [1.165, 1.54) is 11.1 Å². The largest absolute Gasteiger partial charge is 0.351 e. The van der Waals surface area contributed by atoms with E-state index in [9.17, 15) is 0 Å². The normalized spacial score (nSPS) is 16.1. The minimum Gasteiger partial charge on any atom is -0.351 e. The Labute approximate surface area is 209 Å². The predicted molar refractivity (Wildman–Crippen MR) is 141 cm³/mol. The Kier molecular flexibility index (Phi) is 5.94. The highest BCUT2D eigenvalue weighted by atomic mass is 35.5. The van der Waals surface area contributed by atoms with Gasteiger partial charge in [-0.05, 0) is 73.9 Å². The zero-order valence-electron chi connectivity index (χ0n) is 19.0. The van der Waals surface area contributed by atoms with Crippen molar-refractivity contribution >= 4 is 40.2 Å². The maximum absolute atomic E-state index is 6.13. The number of nitrogens with zero attached hydrogens (tertiary/aromatic N) is 3. The van der Waals surface area contributed by atoms with Crippen molar-refractivity contribution in [1.29, 1.82) is 0 Å². The van der Waals surface area contributed by atoms with Crippen molar-refractivity contribution in [1.82, 2.24) is 15.5 Å². The molecule has 1 atom stereocenters. The van der Waals surface area contributed by atoms with Crippen LogP contribution in [-0.4, -0.2) is 15.3 Å². The predicted octanol–water partition coefficient (Wildman–Crippen LogP) is 6.87. The van der Waals surface area contributed by atoms with Crippen molar-refractivity contribution in [3.8, 4) is 11.4 Å². The van der Waals surface area contributed by atoms with Gasteiger partial charge in [-0.3, -0.25) is 4.90 Å². The number of anilines is 1. The molecule has 1 unspecified atom stereocenters. The van der Waals surface area contributed by atoms with Crippen LogP contribution in [0.5, 0.6) is 0 Å². The van der Waals surface area contributed by atoms with Gasteiger partial charge in [-0.1, -0.05) is 65.3 Å². The van der Waals surface area contributed by atoms with Crippen molar-refractivity contribution in [2.45, 2.75) is 26.8 Å². The third kappa shape index (κ3) is 4.11. The molecule has 1 N–H and O–H groups in total. The standard InChI is InChI=1S/C27H23ClN4OS/c1-16-9-10-20(15-17(16)2)24-23(26-30-25(31-33-26)19-7-5-4-6-8-19)18(3)32(27(34)29-24)22-13-11-21(28)12-14-22/h4-15,24H,1-3H3,(H,29,34). The number of hydrogen-bond acceptors (Lipinski definition) is 4. The lowest BCUT2D eigenvalue weighted by atomic mass is 9.92. The second-order valence-corrected chi connectivity index (χ2v) is 9.15. The number of aromatic nitrogens is 2. The summed E-state index contributed by atoms with van der Waals surface area (Å²) in [6, 6.07) is 23.6. The van der Waals surface area contributed by atoms with Crippen LogP contribution in [0.2, 0.25) is 5.02 Å². The van der Waals surface area contributed by atoms with E-state index < -0.39 is 0 Å². The highest BCUT2D eigenvalue weighted by molar-refractivity contribution is 7.80. The summed E-state index contributed by atoms with van der Waals surface area (Å²) in [5, 5.41) is 9.03. The first kappa shape index (κ1) is 22.3. The van der Waals surface area contributed by atoms with Gasteiger partial charge in [0.05, 0.1) is 11.6 Å². The molecule has 0 bridgehead atoms. The van der Waals surface area contributed by atoms with E-state index in [-0.39, 0.29) is 6.04 Å². The molecule has 170 valence electrons. The molecule has 4 aromatic rings. The molecular weight excluding hydrogens is 464 g/mol. The Balaban J connectivity index is 1.67. The molecule has 3 aromatic carbocycles. The van der Waals surface area contributed by atoms with Gasteiger partial charge in [-0.15, -0.1) is 0 Å². The second kappa shape index (κ2) is 9.05. The molecule has 34 heavy (non-hydrogen) atoms. The molecule has 7 heteroatoms. The first-order valence-electron chi connectivity index (χ1n) is 11.0. The van der Waals surface area contributed by atoms with E-state index in [0.29, 0.717) is 21.9 Å². The molecule has 0 aliphatic carbocycles. The van der Waals surface area contributed by atoms with E-state index in [0.717, 1.165) is 28.1 Å². The number of rotatable bonds is 4. The number of thiocarbonyl (C=S) groups is 1. The van der Waals surface area contributed by atoms with Crippen LogP contribution in [-0.2, 0) is 0 Å². The third-order valence-corrected chi connectivity index (χ3v) is 6.67. The lowest BCUT2D eigenvalue weighted by molar-refractivity contribution is 0.404. The fourth-order valence-corrected chi connectivity index (χ4v) is 4.64. The summed E-state index contributed by atoms with van der Waals surface area (Å²) in [5.74, 6) is 0.995. The highest BCUT2D eigenvalue weighted by Gasteiger charge is 2.35. The molecule has 5 rings (SSSR count). The lowest BCUT2D eigenvalue weighted by Gasteiger charge is -2.37. The number of benzene rings is 3. The average molecular weight is 487 g/mol. The van der Waals surface area contributed by atoms with Crippen LogP contribution in [0, 0.1) is 13.8 Å². The maximum atomic E-state index is 6.13. The van der Waals surface area contributed by atoms with Crippen LogP contribution in [0.1, 0.15) is 35.5 Å². The Morgan fingerprint density at radius 3 is 2.38 bits per heavy atom. The molecule has 5 nitrogen and oxygen atoms in total. The minimum atomic E-state index is -0.237. The van der Waals surface area contributed by atoms with Crippen LogP contribution in [0.4, 0.5) is 5.69 Å². The third-order valence-electron chi connectivity index (χ3n) is 6.12. The van der Waals surface area contributed by atoms with E-state index in [1.807, 2.05) is 66.4 Å². The highest BCUT2D eigenvalue weighted by Crippen LogP contribution is 2.39. The molecule has 0 radical (unpaired) electrons. The fourth-order valence-electron chi connectivity index (χ4n) is 4.15. The molecule has 0 spiro atoms. The minimum absolute atomic E-state index is 0.237. The Morgan fingerprint density at radius 1 is 0.941 bits per heavy atom. The van der Waals surface area contributed by atoms with E-state index in [1.54, 1.807) is 0 Å². The summed E-state index contributed by atoms with van der Waals surface area (Å²) < 4.78 is 5.82. The number of nitrogens with one attached hydrogen (secondary N) is 1. The van der Waals surface area contributed by atoms with E-state index >= 15 is 0 Å². The van der Waals surface area contributed by atoms with Crippen molar-refractivity contribution in [2.24, 2.45) is 0 Å². The molecule has 0 fully saturated rings. The zero-order valence-corrected chi connectivity index (χ0v) is 20.6. The SMILES string of the molecule is CC1=C(c2nc(-c3ccccc3)no2)C(c2ccc(C)c(C)c2)NC(=S)N1c1ccc(Cl)cc1. The van der Waals surface area contributed by atoms with Gasteiger partial charge in [-0.2, -0.15) is 4.98 Å². The molecule has 0 saturated carbocycles. The van der Waals surface area contributed by atoms with Gasteiger partial charge in [-0.25, -0.2) is 0 Å². The Morgan fingerprint density at radius 2 is 1.68 bits per heavy atom. The second-order valence-electron chi connectivity index (χ2n) is 8.33.